The normalized spacial score (nSPS) is 16.9. The predicted octanol–water partition coefficient (Wildman–Crippen LogP) is 4.60. The minimum atomic E-state index is -0.625. The second kappa shape index (κ2) is 10.5. The van der Waals surface area contributed by atoms with Gasteiger partial charge in [-0.15, -0.1) is 0 Å². The topological polar surface area (TPSA) is 102 Å². The van der Waals surface area contributed by atoms with Crippen LogP contribution in [0.25, 0.3) is 0 Å². The monoisotopic (exact) mass is 492 g/mol. The van der Waals surface area contributed by atoms with Crippen LogP contribution in [-0.4, -0.2) is 59.9 Å². The molecule has 8 heteroatoms. The van der Waals surface area contributed by atoms with Crippen LogP contribution < -0.4 is 5.32 Å². The molecule has 2 aromatic rings. The third kappa shape index (κ3) is 5.42. The zero-order valence-corrected chi connectivity index (χ0v) is 21.0. The van der Waals surface area contributed by atoms with Gasteiger partial charge in [-0.25, -0.2) is 9.59 Å². The Kier molecular flexibility index (Phi) is 7.43. The van der Waals surface area contributed by atoms with Gasteiger partial charge in [0.2, 0.25) is 0 Å². The Bertz CT molecular complexity index is 1180. The zero-order valence-electron chi connectivity index (χ0n) is 21.0. The fourth-order valence-electron chi connectivity index (χ4n) is 4.56. The molecule has 36 heavy (non-hydrogen) atoms. The van der Waals surface area contributed by atoms with Gasteiger partial charge in [0.15, 0.2) is 11.6 Å². The van der Waals surface area contributed by atoms with Crippen molar-refractivity contribution >= 4 is 29.3 Å². The fraction of sp³-hybridized carbons (Fsp3) is 0.429. The highest BCUT2D eigenvalue weighted by Gasteiger charge is 2.37. The second-order valence-corrected chi connectivity index (χ2v) is 10.1. The number of carbonyl (C=O) groups excluding carboxylic acids is 4. The van der Waals surface area contributed by atoms with Crippen LogP contribution in [0.5, 0.6) is 0 Å². The molecule has 2 aromatic carbocycles. The molecular weight excluding hydrogens is 460 g/mol. The van der Waals surface area contributed by atoms with Crippen molar-refractivity contribution in [1.82, 2.24) is 4.90 Å². The summed E-state index contributed by atoms with van der Waals surface area (Å²) in [6, 6.07) is 11.5. The number of ketones is 2. The van der Waals surface area contributed by atoms with Crippen LogP contribution in [0, 0.1) is 0 Å². The zero-order chi connectivity index (χ0) is 25.9. The van der Waals surface area contributed by atoms with E-state index in [0.717, 1.165) is 6.42 Å². The molecule has 0 unspecified atom stereocenters. The van der Waals surface area contributed by atoms with Crippen molar-refractivity contribution < 1.29 is 28.7 Å². The van der Waals surface area contributed by atoms with Crippen molar-refractivity contribution in [1.29, 1.82) is 0 Å². The number of ether oxygens (including phenoxy) is 2. The van der Waals surface area contributed by atoms with Crippen LogP contribution in [0.3, 0.4) is 0 Å². The Morgan fingerprint density at radius 1 is 0.972 bits per heavy atom. The molecule has 8 nitrogen and oxygen atoms in total. The molecule has 0 spiro atoms. The van der Waals surface area contributed by atoms with E-state index in [2.05, 4.69) is 5.32 Å². The fourth-order valence-corrected chi connectivity index (χ4v) is 4.56. The SMILES string of the molecule is CC(C)(C)OC(=O)N1CCC[C@@H]1C(=O)OCCCCNc1cccc2c1C(=O)c1ccccc1C2=O. The van der Waals surface area contributed by atoms with Crippen LogP contribution in [-0.2, 0) is 14.3 Å². The van der Waals surface area contributed by atoms with Gasteiger partial charge >= 0.3 is 12.1 Å². The number of likely N-dealkylation sites (tertiary alicyclic amines) is 1. The molecule has 0 bridgehead atoms. The van der Waals surface area contributed by atoms with Crippen LogP contribution in [0.1, 0.15) is 78.3 Å². The molecule has 1 amide bonds. The van der Waals surface area contributed by atoms with Crippen LogP contribution in [0.15, 0.2) is 42.5 Å². The van der Waals surface area contributed by atoms with Gasteiger partial charge in [-0.2, -0.15) is 0 Å². The average Bonchev–Trinajstić information content (AvgIpc) is 3.34. The van der Waals surface area contributed by atoms with Gasteiger partial charge in [0.25, 0.3) is 0 Å². The number of esters is 1. The van der Waals surface area contributed by atoms with E-state index in [-0.39, 0.29) is 18.2 Å². The number of anilines is 1. The van der Waals surface area contributed by atoms with Crippen molar-refractivity contribution in [2.24, 2.45) is 0 Å². The molecule has 2 aliphatic rings. The number of fused-ring (bicyclic) bond motifs is 2. The first kappa shape index (κ1) is 25.4. The standard InChI is InChI=1S/C28H32N2O6/c1-28(2,3)36-27(34)30-16-9-14-22(30)26(33)35-17-7-6-15-29-21-13-8-12-20-23(21)25(32)19-11-5-4-10-18(19)24(20)31/h4-5,8,10-13,22,29H,6-7,9,14-17H2,1-3H3/t22-/m1/s1. The van der Waals surface area contributed by atoms with Crippen molar-refractivity contribution in [2.45, 2.75) is 58.1 Å². The first-order chi connectivity index (χ1) is 17.2. The molecule has 190 valence electrons. The number of rotatable bonds is 7. The number of hydrogen-bond acceptors (Lipinski definition) is 7. The molecule has 1 fully saturated rings. The van der Waals surface area contributed by atoms with E-state index in [9.17, 15) is 19.2 Å². The van der Waals surface area contributed by atoms with Gasteiger partial charge in [0, 0.05) is 35.5 Å². The molecule has 1 saturated heterocycles. The highest BCUT2D eigenvalue weighted by molar-refractivity contribution is 6.30. The first-order valence-corrected chi connectivity index (χ1v) is 12.4. The average molecular weight is 493 g/mol. The molecule has 1 aliphatic carbocycles. The van der Waals surface area contributed by atoms with E-state index < -0.39 is 23.7 Å². The molecule has 1 heterocycles. The highest BCUT2D eigenvalue weighted by Crippen LogP contribution is 2.32. The van der Waals surface area contributed by atoms with Crippen molar-refractivity contribution in [3.05, 3.63) is 64.7 Å². The van der Waals surface area contributed by atoms with Crippen LogP contribution in [0.4, 0.5) is 10.5 Å². The third-order valence-corrected chi connectivity index (χ3v) is 6.24. The Morgan fingerprint density at radius 3 is 2.39 bits per heavy atom. The van der Waals surface area contributed by atoms with Gasteiger partial charge in [-0.3, -0.25) is 14.5 Å². The lowest BCUT2D eigenvalue weighted by molar-refractivity contribution is -0.148. The van der Waals surface area contributed by atoms with E-state index in [0.29, 0.717) is 60.3 Å². The van der Waals surface area contributed by atoms with Gasteiger partial charge < -0.3 is 14.8 Å². The van der Waals surface area contributed by atoms with E-state index >= 15 is 0 Å². The highest BCUT2D eigenvalue weighted by atomic mass is 16.6. The Morgan fingerprint density at radius 2 is 1.67 bits per heavy atom. The van der Waals surface area contributed by atoms with Crippen LogP contribution >= 0.6 is 0 Å². The third-order valence-electron chi connectivity index (χ3n) is 6.24. The molecule has 1 atom stereocenters. The maximum Gasteiger partial charge on any atom is 0.411 e. The van der Waals surface area contributed by atoms with Gasteiger partial charge in [-0.1, -0.05) is 36.4 Å². The van der Waals surface area contributed by atoms with E-state index in [1.807, 2.05) is 0 Å². The minimum Gasteiger partial charge on any atom is -0.464 e. The van der Waals surface area contributed by atoms with E-state index in [1.54, 1.807) is 63.2 Å². The Hall–Kier alpha value is -3.68. The summed E-state index contributed by atoms with van der Waals surface area (Å²) < 4.78 is 10.8. The maximum atomic E-state index is 13.1. The summed E-state index contributed by atoms with van der Waals surface area (Å²) in [7, 11) is 0. The largest absolute Gasteiger partial charge is 0.464 e. The summed E-state index contributed by atoms with van der Waals surface area (Å²) in [4.78, 5) is 52.3. The Balaban J connectivity index is 1.26. The molecule has 4 rings (SSSR count). The van der Waals surface area contributed by atoms with E-state index in [4.69, 9.17) is 9.47 Å². The smallest absolute Gasteiger partial charge is 0.411 e. The predicted molar refractivity (Wildman–Crippen MR) is 134 cm³/mol. The van der Waals surface area contributed by atoms with E-state index in [1.165, 1.54) is 4.90 Å². The lowest BCUT2D eigenvalue weighted by Gasteiger charge is -2.27. The van der Waals surface area contributed by atoms with Crippen molar-refractivity contribution in [3.8, 4) is 0 Å². The Labute approximate surface area is 210 Å². The second-order valence-electron chi connectivity index (χ2n) is 10.1. The summed E-state index contributed by atoms with van der Waals surface area (Å²) in [5.74, 6) is -0.724. The molecule has 0 aromatic heterocycles. The summed E-state index contributed by atoms with van der Waals surface area (Å²) in [5, 5.41) is 3.26. The van der Waals surface area contributed by atoms with Crippen molar-refractivity contribution in [3.63, 3.8) is 0 Å². The van der Waals surface area contributed by atoms with Crippen molar-refractivity contribution in [2.75, 3.05) is 25.0 Å². The molecule has 1 aliphatic heterocycles. The summed E-state index contributed by atoms with van der Waals surface area (Å²) in [6.07, 6.45) is 2.11. The van der Waals surface area contributed by atoms with Crippen LogP contribution in [0.2, 0.25) is 0 Å². The number of hydrogen-bond donors (Lipinski definition) is 1. The minimum absolute atomic E-state index is 0.150. The molecule has 0 radical (unpaired) electrons. The van der Waals surface area contributed by atoms with Gasteiger partial charge in [0.1, 0.15) is 11.6 Å². The maximum absolute atomic E-state index is 13.1. The summed E-state index contributed by atoms with van der Waals surface area (Å²) in [6.45, 7) is 6.63. The number of carbonyl (C=O) groups is 4. The molecule has 0 saturated carbocycles. The number of amides is 1. The number of benzene rings is 2. The molecule has 1 N–H and O–H groups in total. The van der Waals surface area contributed by atoms with Gasteiger partial charge in [-0.05, 0) is 52.5 Å². The first-order valence-electron chi connectivity index (χ1n) is 12.4. The summed E-state index contributed by atoms with van der Waals surface area (Å²) >= 11 is 0. The number of nitrogens with zero attached hydrogens (tertiary/aromatic N) is 1. The molecular formula is C28H32N2O6. The number of unbranched alkanes of at least 4 members (excludes halogenated alkanes) is 1. The van der Waals surface area contributed by atoms with Gasteiger partial charge in [0.05, 0.1) is 12.2 Å². The lowest BCUT2D eigenvalue weighted by Crippen LogP contribution is -2.44. The number of nitrogens with one attached hydrogen (secondary N) is 1. The summed E-state index contributed by atoms with van der Waals surface area (Å²) in [5.41, 5.74) is 1.65. The lowest BCUT2D eigenvalue weighted by atomic mass is 9.83. The quantitative estimate of drug-likeness (QED) is 0.380.